The number of methoxy groups -OCH3 is 1. The van der Waals surface area contributed by atoms with E-state index < -0.39 is 6.16 Å². The quantitative estimate of drug-likeness (QED) is 0.326. The first-order valence-electron chi connectivity index (χ1n) is 9.56. The second-order valence-electron chi connectivity index (χ2n) is 5.77. The molecule has 0 aliphatic carbocycles. The lowest BCUT2D eigenvalue weighted by molar-refractivity contribution is -0.117. The number of hydrogen-bond donors (Lipinski definition) is 1. The van der Waals surface area contributed by atoms with Crippen LogP contribution < -0.4 is 5.32 Å². The van der Waals surface area contributed by atoms with Crippen LogP contribution >= 0.6 is 0 Å². The Kier molecular flexibility index (Phi) is 14.3. The molecule has 0 aliphatic rings. The first-order valence-corrected chi connectivity index (χ1v) is 9.56. The standard InChI is InChI=1S/C20H31NO8/c1-3-25-10-11-27-14-15-28-13-12-26-9-8-19(22)21-18-6-4-17(5-7-18)16-29-20(23)24-2/h4-7H,3,8-16H2,1-2H3,(H,21,22). The maximum atomic E-state index is 11.9. The van der Waals surface area contributed by atoms with Gasteiger partial charge in [0.25, 0.3) is 0 Å². The van der Waals surface area contributed by atoms with Gasteiger partial charge in [0.1, 0.15) is 6.61 Å². The second kappa shape index (κ2) is 16.7. The molecule has 1 aromatic carbocycles. The van der Waals surface area contributed by atoms with Gasteiger partial charge in [0.2, 0.25) is 5.91 Å². The molecule has 1 N–H and O–H groups in total. The van der Waals surface area contributed by atoms with Crippen molar-refractivity contribution >= 4 is 17.7 Å². The largest absolute Gasteiger partial charge is 0.508 e. The van der Waals surface area contributed by atoms with Crippen LogP contribution in [0.25, 0.3) is 0 Å². The SMILES string of the molecule is CCOCCOCCOCCOCCC(=O)Nc1ccc(COC(=O)OC)cc1. The summed E-state index contributed by atoms with van der Waals surface area (Å²) in [6, 6.07) is 6.98. The van der Waals surface area contributed by atoms with Crippen LogP contribution in [0.3, 0.4) is 0 Å². The summed E-state index contributed by atoms with van der Waals surface area (Å²) in [5.41, 5.74) is 1.45. The molecule has 9 heteroatoms. The van der Waals surface area contributed by atoms with Gasteiger partial charge in [-0.1, -0.05) is 12.1 Å². The molecule has 1 aromatic rings. The normalized spacial score (nSPS) is 10.6. The summed E-state index contributed by atoms with van der Waals surface area (Å²) in [5, 5.41) is 2.78. The van der Waals surface area contributed by atoms with Crippen LogP contribution in [0, 0.1) is 0 Å². The number of anilines is 1. The van der Waals surface area contributed by atoms with Crippen LogP contribution in [-0.4, -0.2) is 72.0 Å². The number of rotatable bonds is 16. The molecule has 0 radical (unpaired) electrons. The predicted molar refractivity (Wildman–Crippen MR) is 106 cm³/mol. The lowest BCUT2D eigenvalue weighted by atomic mass is 10.2. The van der Waals surface area contributed by atoms with Crippen LogP contribution in [0.5, 0.6) is 0 Å². The van der Waals surface area contributed by atoms with Gasteiger partial charge in [-0.2, -0.15) is 0 Å². The van der Waals surface area contributed by atoms with Crippen LogP contribution in [0.1, 0.15) is 18.9 Å². The third-order valence-electron chi connectivity index (χ3n) is 3.55. The third-order valence-corrected chi connectivity index (χ3v) is 3.55. The van der Waals surface area contributed by atoms with Crippen LogP contribution in [0.4, 0.5) is 10.5 Å². The summed E-state index contributed by atoms with van der Waals surface area (Å²) >= 11 is 0. The Hall–Kier alpha value is -2.20. The third kappa shape index (κ3) is 13.6. The predicted octanol–water partition coefficient (Wildman–Crippen LogP) is 2.38. The monoisotopic (exact) mass is 413 g/mol. The van der Waals surface area contributed by atoms with E-state index in [1.807, 2.05) is 6.92 Å². The fraction of sp³-hybridized carbons (Fsp3) is 0.600. The maximum absolute atomic E-state index is 11.9. The molecule has 0 bridgehead atoms. The van der Waals surface area contributed by atoms with E-state index in [9.17, 15) is 9.59 Å². The van der Waals surface area contributed by atoms with Crippen molar-refractivity contribution < 1.29 is 38.0 Å². The molecule has 0 fully saturated rings. The smallest absolute Gasteiger partial charge is 0.438 e. The first-order chi connectivity index (χ1) is 14.2. The Balaban J connectivity index is 2.00. The van der Waals surface area contributed by atoms with Gasteiger partial charge in [0.05, 0.1) is 59.8 Å². The molecule has 9 nitrogen and oxygen atoms in total. The Labute approximate surface area is 171 Å². The van der Waals surface area contributed by atoms with Crippen molar-refractivity contribution in [3.8, 4) is 0 Å². The zero-order valence-corrected chi connectivity index (χ0v) is 17.1. The van der Waals surface area contributed by atoms with Gasteiger partial charge >= 0.3 is 6.16 Å². The van der Waals surface area contributed by atoms with Crippen molar-refractivity contribution in [2.45, 2.75) is 20.0 Å². The molecule has 0 spiro atoms. The molecule has 0 aliphatic heterocycles. The summed E-state index contributed by atoms with van der Waals surface area (Å²) < 4.78 is 30.4. The molecule has 0 saturated carbocycles. The molecule has 0 atom stereocenters. The fourth-order valence-corrected chi connectivity index (χ4v) is 2.08. The molecule has 0 unspecified atom stereocenters. The molecular weight excluding hydrogens is 382 g/mol. The molecule has 29 heavy (non-hydrogen) atoms. The Morgan fingerprint density at radius 1 is 0.828 bits per heavy atom. The first kappa shape index (κ1) is 24.8. The summed E-state index contributed by atoms with van der Waals surface area (Å²) in [6.45, 7) is 6.09. The number of benzene rings is 1. The highest BCUT2D eigenvalue weighted by Gasteiger charge is 2.04. The average Bonchev–Trinajstić information content (AvgIpc) is 2.73. The summed E-state index contributed by atoms with van der Waals surface area (Å²) in [5.74, 6) is -0.146. The topological polar surface area (TPSA) is 102 Å². The molecule has 1 rings (SSSR count). The Morgan fingerprint density at radius 3 is 1.93 bits per heavy atom. The zero-order chi connectivity index (χ0) is 21.2. The lowest BCUT2D eigenvalue weighted by Gasteiger charge is -2.08. The molecular formula is C20H31NO8. The van der Waals surface area contributed by atoms with E-state index in [1.165, 1.54) is 7.11 Å². The van der Waals surface area contributed by atoms with Gasteiger partial charge in [-0.05, 0) is 24.6 Å². The van der Waals surface area contributed by atoms with Crippen molar-refractivity contribution in [2.24, 2.45) is 0 Å². The average molecular weight is 413 g/mol. The van der Waals surface area contributed by atoms with Crippen LogP contribution in [0.15, 0.2) is 24.3 Å². The minimum atomic E-state index is -0.737. The van der Waals surface area contributed by atoms with Crippen LogP contribution in [0.2, 0.25) is 0 Å². The van der Waals surface area contributed by atoms with Gasteiger partial charge in [-0.15, -0.1) is 0 Å². The second-order valence-corrected chi connectivity index (χ2v) is 5.77. The van der Waals surface area contributed by atoms with E-state index in [0.717, 1.165) is 5.56 Å². The highest BCUT2D eigenvalue weighted by Crippen LogP contribution is 2.11. The van der Waals surface area contributed by atoms with Gasteiger partial charge < -0.3 is 33.7 Å². The maximum Gasteiger partial charge on any atom is 0.508 e. The molecule has 1 amide bonds. The van der Waals surface area contributed by atoms with Crippen LogP contribution in [-0.2, 0) is 39.8 Å². The number of hydrogen-bond acceptors (Lipinski definition) is 8. The molecule has 164 valence electrons. The van der Waals surface area contributed by atoms with Gasteiger partial charge in [0.15, 0.2) is 0 Å². The Morgan fingerprint density at radius 2 is 1.38 bits per heavy atom. The van der Waals surface area contributed by atoms with E-state index in [2.05, 4.69) is 10.1 Å². The van der Waals surface area contributed by atoms with Crippen molar-refractivity contribution in [1.29, 1.82) is 0 Å². The minimum absolute atomic E-state index is 0.107. The number of ether oxygens (including phenoxy) is 6. The molecule has 0 saturated heterocycles. The lowest BCUT2D eigenvalue weighted by Crippen LogP contribution is -2.16. The van der Waals surface area contributed by atoms with Crippen molar-refractivity contribution in [1.82, 2.24) is 0 Å². The Bertz CT molecular complexity index is 564. The van der Waals surface area contributed by atoms with E-state index in [1.54, 1.807) is 24.3 Å². The van der Waals surface area contributed by atoms with E-state index >= 15 is 0 Å². The van der Waals surface area contributed by atoms with Crippen molar-refractivity contribution in [3.63, 3.8) is 0 Å². The number of carbonyl (C=O) groups excluding carboxylic acids is 2. The molecule has 0 aromatic heterocycles. The van der Waals surface area contributed by atoms with Gasteiger partial charge in [-0.25, -0.2) is 4.79 Å². The number of carbonyl (C=O) groups is 2. The van der Waals surface area contributed by atoms with E-state index in [0.29, 0.717) is 58.5 Å². The zero-order valence-electron chi connectivity index (χ0n) is 17.1. The fourth-order valence-electron chi connectivity index (χ4n) is 2.08. The van der Waals surface area contributed by atoms with E-state index in [4.69, 9.17) is 23.7 Å². The minimum Gasteiger partial charge on any atom is -0.438 e. The van der Waals surface area contributed by atoms with E-state index in [-0.39, 0.29) is 18.9 Å². The summed E-state index contributed by atoms with van der Waals surface area (Å²) in [7, 11) is 1.25. The highest BCUT2D eigenvalue weighted by molar-refractivity contribution is 5.90. The summed E-state index contributed by atoms with van der Waals surface area (Å²) in [6.07, 6.45) is -0.494. The van der Waals surface area contributed by atoms with Crippen molar-refractivity contribution in [2.75, 3.05) is 65.3 Å². The van der Waals surface area contributed by atoms with Crippen molar-refractivity contribution in [3.05, 3.63) is 29.8 Å². The van der Waals surface area contributed by atoms with Gasteiger partial charge in [0, 0.05) is 12.3 Å². The summed E-state index contributed by atoms with van der Waals surface area (Å²) in [4.78, 5) is 22.8. The number of amides is 1. The highest BCUT2D eigenvalue weighted by atomic mass is 16.7. The number of nitrogens with one attached hydrogen (secondary N) is 1. The molecule has 0 heterocycles. The van der Waals surface area contributed by atoms with Gasteiger partial charge in [-0.3, -0.25) is 4.79 Å².